The predicted octanol–water partition coefficient (Wildman–Crippen LogP) is 1.22. The summed E-state index contributed by atoms with van der Waals surface area (Å²) in [4.78, 5) is 39.0. The van der Waals surface area contributed by atoms with Crippen LogP contribution in [0.4, 0.5) is 0 Å². The molecule has 0 unspecified atom stereocenters. The molecule has 1 saturated heterocycles. The van der Waals surface area contributed by atoms with E-state index < -0.39 is 29.0 Å². The molecule has 2 aliphatic heterocycles. The first-order valence-electron chi connectivity index (χ1n) is 9.05. The fourth-order valence-corrected chi connectivity index (χ4v) is 4.41. The highest BCUT2D eigenvalue weighted by Gasteiger charge is 2.56. The van der Waals surface area contributed by atoms with E-state index in [1.807, 2.05) is 30.3 Å². The molecule has 1 aromatic carbocycles. The van der Waals surface area contributed by atoms with Crippen molar-refractivity contribution in [3.8, 4) is 0 Å². The van der Waals surface area contributed by atoms with Gasteiger partial charge in [0.05, 0.1) is 13.0 Å². The van der Waals surface area contributed by atoms with Crippen molar-refractivity contribution < 1.29 is 24.2 Å². The molecule has 150 valence electrons. The summed E-state index contributed by atoms with van der Waals surface area (Å²) in [7, 11) is 0. The first-order valence-corrected chi connectivity index (χ1v) is 9.99. The lowest BCUT2D eigenvalue weighted by atomic mass is 9.97. The van der Waals surface area contributed by atoms with Gasteiger partial charge in [0.1, 0.15) is 17.0 Å². The van der Waals surface area contributed by atoms with Crippen LogP contribution in [0.5, 0.6) is 0 Å². The Morgan fingerprint density at radius 2 is 1.93 bits per heavy atom. The smallest absolute Gasteiger partial charge is 0.333 e. The van der Waals surface area contributed by atoms with Crippen LogP contribution in [0.1, 0.15) is 26.3 Å². The Morgan fingerprint density at radius 3 is 2.54 bits per heavy atom. The van der Waals surface area contributed by atoms with Gasteiger partial charge in [-0.05, 0) is 37.3 Å². The van der Waals surface area contributed by atoms with E-state index >= 15 is 0 Å². The van der Waals surface area contributed by atoms with Crippen LogP contribution in [-0.2, 0) is 25.5 Å². The van der Waals surface area contributed by atoms with Crippen LogP contribution >= 0.6 is 11.8 Å². The third kappa shape index (κ3) is 4.23. The number of β-lactam (4-membered cyclic amide) rings is 1. The zero-order valence-electron chi connectivity index (χ0n) is 16.0. The fraction of sp³-hybridized carbons (Fsp3) is 0.450. The second-order valence-electron chi connectivity index (χ2n) is 7.77. The Labute approximate surface area is 168 Å². The van der Waals surface area contributed by atoms with Crippen molar-refractivity contribution >= 4 is 29.5 Å². The molecule has 7 nitrogen and oxygen atoms in total. The lowest BCUT2D eigenvalue weighted by molar-refractivity contribution is -0.170. The van der Waals surface area contributed by atoms with Crippen molar-refractivity contribution in [2.45, 2.75) is 50.3 Å². The molecule has 28 heavy (non-hydrogen) atoms. The highest BCUT2D eigenvalue weighted by molar-refractivity contribution is 8.02. The van der Waals surface area contributed by atoms with Crippen LogP contribution < -0.4 is 5.32 Å². The molecule has 3 rings (SSSR count). The van der Waals surface area contributed by atoms with Crippen molar-refractivity contribution in [1.82, 2.24) is 10.2 Å². The summed E-state index contributed by atoms with van der Waals surface area (Å²) < 4.78 is 5.42. The quantitative estimate of drug-likeness (QED) is 0.566. The predicted molar refractivity (Wildman–Crippen MR) is 105 cm³/mol. The van der Waals surface area contributed by atoms with E-state index in [9.17, 15) is 19.5 Å². The molecule has 0 bridgehead atoms. The average Bonchev–Trinajstić information content (AvgIpc) is 2.64. The van der Waals surface area contributed by atoms with Crippen LogP contribution in [0.25, 0.3) is 0 Å². The van der Waals surface area contributed by atoms with Crippen molar-refractivity contribution in [3.63, 3.8) is 0 Å². The molecule has 2 heterocycles. The number of rotatable bonds is 5. The van der Waals surface area contributed by atoms with E-state index in [1.165, 1.54) is 16.7 Å². The summed E-state index contributed by atoms with van der Waals surface area (Å²) in [5, 5.41) is 13.6. The monoisotopic (exact) mass is 404 g/mol. The first kappa shape index (κ1) is 20.4. The second kappa shape index (κ2) is 7.97. The summed E-state index contributed by atoms with van der Waals surface area (Å²) in [5.74, 6) is -1.19. The molecule has 0 spiro atoms. The van der Waals surface area contributed by atoms with E-state index in [-0.39, 0.29) is 24.8 Å². The molecule has 2 N–H and O–H groups in total. The highest BCUT2D eigenvalue weighted by Crippen LogP contribution is 2.40. The van der Waals surface area contributed by atoms with E-state index in [0.29, 0.717) is 5.57 Å². The fourth-order valence-electron chi connectivity index (χ4n) is 3.19. The van der Waals surface area contributed by atoms with Gasteiger partial charge in [0.15, 0.2) is 6.04 Å². The van der Waals surface area contributed by atoms with Crippen LogP contribution in [0.2, 0.25) is 0 Å². The summed E-state index contributed by atoms with van der Waals surface area (Å²) >= 11 is 1.31. The van der Waals surface area contributed by atoms with Gasteiger partial charge in [-0.15, -0.1) is 11.8 Å². The second-order valence-corrected chi connectivity index (χ2v) is 8.76. The number of thioether (sulfide) groups is 1. The first-order chi connectivity index (χ1) is 13.2. The topological polar surface area (TPSA) is 95.9 Å². The lowest BCUT2D eigenvalue weighted by Crippen LogP contribution is -2.74. The van der Waals surface area contributed by atoms with Gasteiger partial charge in [-0.1, -0.05) is 30.3 Å². The van der Waals surface area contributed by atoms with Crippen molar-refractivity contribution in [2.24, 2.45) is 0 Å². The lowest BCUT2D eigenvalue weighted by Gasteiger charge is -2.51. The van der Waals surface area contributed by atoms with Crippen molar-refractivity contribution in [3.05, 3.63) is 46.9 Å². The van der Waals surface area contributed by atoms with Crippen LogP contribution in [-0.4, -0.2) is 57.5 Å². The minimum Gasteiger partial charge on any atom is -0.458 e. The largest absolute Gasteiger partial charge is 0.458 e. The van der Waals surface area contributed by atoms with E-state index in [2.05, 4.69) is 5.32 Å². The van der Waals surface area contributed by atoms with Gasteiger partial charge in [-0.25, -0.2) is 4.79 Å². The summed E-state index contributed by atoms with van der Waals surface area (Å²) in [6.07, 6.45) is 0.176. The third-order valence-electron chi connectivity index (χ3n) is 4.40. The molecular formula is C20H24N2O5S. The molecule has 1 fully saturated rings. The standard InChI is InChI=1S/C20H24N2O5S/c1-20(2,3)27-19(26)16-13(10-23)11-28-18-15(17(25)22(16)18)21-14(24)9-12-7-5-4-6-8-12/h4-8,11,15-16,18,23H,9-10H2,1-3H3,(H,21,24)/t15-,16-,18-/m1/s1. The maximum absolute atomic E-state index is 12.7. The number of nitrogens with one attached hydrogen (secondary N) is 1. The summed E-state index contributed by atoms with van der Waals surface area (Å²) in [5.41, 5.74) is 0.557. The van der Waals surface area contributed by atoms with Gasteiger partial charge in [0.2, 0.25) is 11.8 Å². The molecule has 2 aliphatic rings. The molecule has 1 aromatic rings. The normalized spacial score (nSPS) is 24.0. The Bertz CT molecular complexity index is 803. The van der Waals surface area contributed by atoms with Crippen molar-refractivity contribution in [1.29, 1.82) is 0 Å². The van der Waals surface area contributed by atoms with Gasteiger partial charge >= 0.3 is 5.97 Å². The number of nitrogens with zero attached hydrogens (tertiary/aromatic N) is 1. The summed E-state index contributed by atoms with van der Waals surface area (Å²) in [6.45, 7) is 4.88. The molecule has 0 aromatic heterocycles. The number of amides is 2. The molecule has 0 saturated carbocycles. The number of esters is 1. The number of ether oxygens (including phenoxy) is 1. The van der Waals surface area contributed by atoms with Gasteiger partial charge in [0, 0.05) is 0 Å². The zero-order chi connectivity index (χ0) is 20.5. The van der Waals surface area contributed by atoms with Crippen LogP contribution in [0.3, 0.4) is 0 Å². The van der Waals surface area contributed by atoms with Crippen molar-refractivity contribution in [2.75, 3.05) is 6.61 Å². The number of aliphatic hydroxyl groups excluding tert-OH is 1. The number of carbonyl (C=O) groups is 3. The minimum atomic E-state index is -0.967. The molecule has 0 radical (unpaired) electrons. The minimum absolute atomic E-state index is 0.176. The van der Waals surface area contributed by atoms with Gasteiger partial charge < -0.3 is 20.1 Å². The Hall–Kier alpha value is -2.32. The van der Waals surface area contributed by atoms with Gasteiger partial charge in [-0.2, -0.15) is 0 Å². The van der Waals surface area contributed by atoms with Gasteiger partial charge in [0.25, 0.3) is 0 Å². The average molecular weight is 404 g/mol. The van der Waals surface area contributed by atoms with E-state index in [4.69, 9.17) is 4.74 Å². The maximum Gasteiger partial charge on any atom is 0.333 e. The molecular weight excluding hydrogens is 380 g/mol. The summed E-state index contributed by atoms with van der Waals surface area (Å²) in [6, 6.07) is 7.59. The highest BCUT2D eigenvalue weighted by atomic mass is 32.2. The Balaban J connectivity index is 1.70. The molecule has 2 amide bonds. The number of benzene rings is 1. The molecule has 8 heteroatoms. The number of aliphatic hydroxyl groups is 1. The Kier molecular flexibility index (Phi) is 5.81. The zero-order valence-corrected chi connectivity index (χ0v) is 16.9. The number of fused-ring (bicyclic) bond motifs is 1. The molecule has 0 aliphatic carbocycles. The molecule has 3 atom stereocenters. The number of hydrogen-bond acceptors (Lipinski definition) is 6. The van der Waals surface area contributed by atoms with Crippen LogP contribution in [0, 0.1) is 0 Å². The number of hydrogen-bond donors (Lipinski definition) is 2. The van der Waals surface area contributed by atoms with E-state index in [1.54, 1.807) is 26.2 Å². The van der Waals surface area contributed by atoms with E-state index in [0.717, 1.165) is 5.56 Å². The third-order valence-corrected chi connectivity index (χ3v) is 5.62. The maximum atomic E-state index is 12.7. The Morgan fingerprint density at radius 1 is 1.25 bits per heavy atom. The number of carbonyl (C=O) groups excluding carboxylic acids is 3. The van der Waals surface area contributed by atoms with Crippen LogP contribution in [0.15, 0.2) is 41.3 Å². The van der Waals surface area contributed by atoms with Gasteiger partial charge in [-0.3, -0.25) is 9.59 Å². The SMILES string of the molecule is CC(C)(C)OC(=O)[C@H]1C(CO)=CS[C@@H]2[C@H](NC(=O)Cc3ccccc3)C(=O)N12.